The third kappa shape index (κ3) is 3.54. The van der Waals surface area contributed by atoms with Gasteiger partial charge < -0.3 is 9.88 Å². The number of hydrogen-bond donors (Lipinski definition) is 1. The van der Waals surface area contributed by atoms with Crippen LogP contribution in [0.3, 0.4) is 0 Å². The lowest BCUT2D eigenvalue weighted by molar-refractivity contribution is -0.118. The zero-order valence-corrected chi connectivity index (χ0v) is 15.8. The summed E-state index contributed by atoms with van der Waals surface area (Å²) < 4.78 is 14.5. The van der Waals surface area contributed by atoms with E-state index in [0.29, 0.717) is 41.8 Å². The van der Waals surface area contributed by atoms with Crippen molar-refractivity contribution in [3.8, 4) is 0 Å². The molecule has 4 rings (SSSR count). The van der Waals surface area contributed by atoms with E-state index in [4.69, 9.17) is 0 Å². The van der Waals surface area contributed by atoms with Crippen LogP contribution in [0.2, 0.25) is 0 Å². The van der Waals surface area contributed by atoms with Crippen molar-refractivity contribution in [2.24, 2.45) is 0 Å². The van der Waals surface area contributed by atoms with Crippen molar-refractivity contribution in [2.75, 3.05) is 11.4 Å². The maximum Gasteiger partial charge on any atom is 0.258 e. The van der Waals surface area contributed by atoms with E-state index in [9.17, 15) is 14.0 Å². The van der Waals surface area contributed by atoms with Crippen LogP contribution in [-0.4, -0.2) is 22.4 Å². The molecule has 144 valence electrons. The Balaban J connectivity index is 1.46. The molecule has 0 saturated heterocycles. The summed E-state index contributed by atoms with van der Waals surface area (Å²) in [7, 11) is 0. The van der Waals surface area contributed by atoms with Gasteiger partial charge in [0.15, 0.2) is 0 Å². The predicted octanol–water partition coefficient (Wildman–Crippen LogP) is 3.67. The SMILES string of the molecule is Cc1cc(F)c2c(c1)CCCN2C(=O)CCCc1nc2ccccc2c(=O)[nH]1. The molecule has 28 heavy (non-hydrogen) atoms. The molecule has 5 nitrogen and oxygen atoms in total. The zero-order chi connectivity index (χ0) is 19.7. The number of carbonyl (C=O) groups excluding carboxylic acids is 1. The molecule has 1 aliphatic heterocycles. The Bertz CT molecular complexity index is 1110. The van der Waals surface area contributed by atoms with Gasteiger partial charge in [-0.3, -0.25) is 9.59 Å². The van der Waals surface area contributed by atoms with Crippen molar-refractivity contribution in [1.29, 1.82) is 0 Å². The first kappa shape index (κ1) is 18.3. The number of benzene rings is 2. The Morgan fingerprint density at radius 1 is 1.29 bits per heavy atom. The molecule has 1 amide bonds. The fraction of sp³-hybridized carbons (Fsp3) is 0.318. The van der Waals surface area contributed by atoms with Gasteiger partial charge in [-0.2, -0.15) is 0 Å². The number of aryl methyl sites for hydroxylation is 3. The van der Waals surface area contributed by atoms with E-state index in [-0.39, 0.29) is 23.7 Å². The van der Waals surface area contributed by atoms with Crippen LogP contribution in [0, 0.1) is 12.7 Å². The van der Waals surface area contributed by atoms with Gasteiger partial charge in [0.25, 0.3) is 5.56 Å². The van der Waals surface area contributed by atoms with Crippen LogP contribution in [0.5, 0.6) is 0 Å². The Morgan fingerprint density at radius 3 is 2.96 bits per heavy atom. The molecule has 0 bridgehead atoms. The summed E-state index contributed by atoms with van der Waals surface area (Å²) in [6.45, 7) is 2.40. The van der Waals surface area contributed by atoms with Gasteiger partial charge >= 0.3 is 0 Å². The number of aromatic nitrogens is 2. The number of H-pyrrole nitrogens is 1. The maximum absolute atomic E-state index is 14.5. The quantitative estimate of drug-likeness (QED) is 0.752. The van der Waals surface area contributed by atoms with Crippen LogP contribution in [0.4, 0.5) is 10.1 Å². The third-order valence-electron chi connectivity index (χ3n) is 5.15. The largest absolute Gasteiger partial charge is 0.310 e. The molecule has 2 heterocycles. The van der Waals surface area contributed by atoms with Crippen molar-refractivity contribution in [3.05, 3.63) is 69.5 Å². The van der Waals surface area contributed by atoms with Crippen molar-refractivity contribution in [2.45, 2.75) is 39.0 Å². The van der Waals surface area contributed by atoms with E-state index in [2.05, 4.69) is 9.97 Å². The van der Waals surface area contributed by atoms with Gasteiger partial charge in [0.1, 0.15) is 11.6 Å². The summed E-state index contributed by atoms with van der Waals surface area (Å²) in [5.74, 6) is 0.146. The molecule has 1 N–H and O–H groups in total. The van der Waals surface area contributed by atoms with Crippen LogP contribution < -0.4 is 10.5 Å². The van der Waals surface area contributed by atoms with E-state index in [0.717, 1.165) is 24.0 Å². The number of nitrogens with zero attached hydrogens (tertiary/aromatic N) is 2. The number of fused-ring (bicyclic) bond motifs is 2. The van der Waals surface area contributed by atoms with Crippen molar-refractivity contribution < 1.29 is 9.18 Å². The minimum atomic E-state index is -0.330. The molecule has 3 aromatic rings. The van der Waals surface area contributed by atoms with Crippen LogP contribution in [0.1, 0.15) is 36.2 Å². The molecule has 1 aromatic heterocycles. The summed E-state index contributed by atoms with van der Waals surface area (Å²) in [6, 6.07) is 10.6. The molecular formula is C22H22FN3O2. The molecule has 0 atom stereocenters. The summed E-state index contributed by atoms with van der Waals surface area (Å²) >= 11 is 0. The Morgan fingerprint density at radius 2 is 2.11 bits per heavy atom. The number of nitrogens with one attached hydrogen (secondary N) is 1. The highest BCUT2D eigenvalue weighted by Crippen LogP contribution is 2.31. The van der Waals surface area contributed by atoms with Crippen molar-refractivity contribution in [3.63, 3.8) is 0 Å². The minimum absolute atomic E-state index is 0.0909. The van der Waals surface area contributed by atoms with Gasteiger partial charge in [-0.15, -0.1) is 0 Å². The molecule has 0 aliphatic carbocycles. The van der Waals surface area contributed by atoms with E-state index >= 15 is 0 Å². The molecule has 2 aromatic carbocycles. The lowest BCUT2D eigenvalue weighted by Crippen LogP contribution is -2.36. The first-order valence-electron chi connectivity index (χ1n) is 9.60. The average Bonchev–Trinajstić information content (AvgIpc) is 2.67. The molecule has 6 heteroatoms. The Hall–Kier alpha value is -3.02. The lowest BCUT2D eigenvalue weighted by Gasteiger charge is -2.30. The van der Waals surface area contributed by atoms with Gasteiger partial charge in [-0.05, 0) is 55.5 Å². The molecule has 0 spiro atoms. The van der Waals surface area contributed by atoms with E-state index in [1.165, 1.54) is 6.07 Å². The van der Waals surface area contributed by atoms with Crippen molar-refractivity contribution in [1.82, 2.24) is 9.97 Å². The molecule has 0 fully saturated rings. The third-order valence-corrected chi connectivity index (χ3v) is 5.15. The topological polar surface area (TPSA) is 66.1 Å². The second-order valence-electron chi connectivity index (χ2n) is 7.29. The number of para-hydroxylation sites is 1. The van der Waals surface area contributed by atoms with Gasteiger partial charge in [0, 0.05) is 19.4 Å². The number of carbonyl (C=O) groups is 1. The normalized spacial score (nSPS) is 13.6. The second-order valence-corrected chi connectivity index (χ2v) is 7.29. The summed E-state index contributed by atoms with van der Waals surface area (Å²) in [6.07, 6.45) is 2.94. The monoisotopic (exact) mass is 379 g/mol. The number of halogens is 1. The highest BCUT2D eigenvalue weighted by atomic mass is 19.1. The molecule has 1 aliphatic rings. The smallest absolute Gasteiger partial charge is 0.258 e. The Kier molecular flexibility index (Phi) is 4.94. The first-order chi connectivity index (χ1) is 13.5. The fourth-order valence-corrected chi connectivity index (χ4v) is 3.88. The molecular weight excluding hydrogens is 357 g/mol. The minimum Gasteiger partial charge on any atom is -0.310 e. The number of aromatic amines is 1. The second kappa shape index (κ2) is 7.54. The molecule has 0 unspecified atom stereocenters. The van der Waals surface area contributed by atoms with Gasteiger partial charge in [-0.1, -0.05) is 18.2 Å². The zero-order valence-electron chi connectivity index (χ0n) is 15.8. The number of rotatable bonds is 4. The van der Waals surface area contributed by atoms with Gasteiger partial charge in [-0.25, -0.2) is 9.37 Å². The Labute approximate surface area is 162 Å². The van der Waals surface area contributed by atoms with E-state index in [1.54, 1.807) is 23.1 Å². The van der Waals surface area contributed by atoms with E-state index < -0.39 is 0 Å². The average molecular weight is 379 g/mol. The number of hydrogen-bond acceptors (Lipinski definition) is 3. The van der Waals surface area contributed by atoms with Crippen molar-refractivity contribution >= 4 is 22.5 Å². The fourth-order valence-electron chi connectivity index (χ4n) is 3.88. The standard InChI is InChI=1S/C22H22FN3O2/c1-14-12-15-6-5-11-26(21(15)17(23)13-14)20(27)10-4-9-19-24-18-8-3-2-7-16(18)22(28)25-19/h2-3,7-8,12-13H,4-6,9-11H2,1H3,(H,24,25,28). The van der Waals surface area contributed by atoms with Crippen LogP contribution >= 0.6 is 0 Å². The highest BCUT2D eigenvalue weighted by molar-refractivity contribution is 5.94. The molecule has 0 radical (unpaired) electrons. The van der Waals surface area contributed by atoms with E-state index in [1.807, 2.05) is 19.1 Å². The lowest BCUT2D eigenvalue weighted by atomic mass is 9.98. The van der Waals surface area contributed by atoms with Gasteiger partial charge in [0.2, 0.25) is 5.91 Å². The molecule has 0 saturated carbocycles. The summed E-state index contributed by atoms with van der Waals surface area (Å²) in [5.41, 5.74) is 2.68. The van der Waals surface area contributed by atoms with Crippen LogP contribution in [-0.2, 0) is 17.6 Å². The number of amides is 1. The van der Waals surface area contributed by atoms with Gasteiger partial charge in [0.05, 0.1) is 16.6 Å². The van der Waals surface area contributed by atoms with Crippen LogP contribution in [0.15, 0.2) is 41.2 Å². The maximum atomic E-state index is 14.5. The number of anilines is 1. The summed E-state index contributed by atoms with van der Waals surface area (Å²) in [5, 5.41) is 0.554. The predicted molar refractivity (Wildman–Crippen MR) is 107 cm³/mol. The van der Waals surface area contributed by atoms with Crippen LogP contribution in [0.25, 0.3) is 10.9 Å². The first-order valence-corrected chi connectivity index (χ1v) is 9.60. The summed E-state index contributed by atoms with van der Waals surface area (Å²) in [4.78, 5) is 33.7. The highest BCUT2D eigenvalue weighted by Gasteiger charge is 2.25.